The first-order valence-corrected chi connectivity index (χ1v) is 5.46. The van der Waals surface area contributed by atoms with Gasteiger partial charge in [-0.2, -0.15) is 0 Å². The highest BCUT2D eigenvalue weighted by Gasteiger charge is 2.08. The molecule has 17 heavy (non-hydrogen) atoms. The summed E-state index contributed by atoms with van der Waals surface area (Å²) in [6.45, 7) is 1.75. The van der Waals surface area contributed by atoms with Crippen molar-refractivity contribution in [1.82, 2.24) is 0 Å². The third-order valence-corrected chi connectivity index (χ3v) is 2.53. The predicted octanol–water partition coefficient (Wildman–Crippen LogP) is 2.74. The highest BCUT2D eigenvalue weighted by atomic mass is 16.5. The minimum atomic E-state index is -0.965. The van der Waals surface area contributed by atoms with Crippen LogP contribution in [0.2, 0.25) is 0 Å². The summed E-state index contributed by atoms with van der Waals surface area (Å²) in [5, 5.41) is 8.57. The molecule has 0 atom stereocenters. The third-order valence-electron chi connectivity index (χ3n) is 2.53. The van der Waals surface area contributed by atoms with E-state index in [9.17, 15) is 4.79 Å². The minimum Gasteiger partial charge on any atom is -0.482 e. The lowest BCUT2D eigenvalue weighted by molar-refractivity contribution is -0.140. The molecule has 0 heterocycles. The number of aliphatic carboxylic acids is 1. The molecule has 0 saturated carbocycles. The molecule has 88 valence electrons. The van der Waals surface area contributed by atoms with Crippen molar-refractivity contribution >= 4 is 5.97 Å². The summed E-state index contributed by atoms with van der Waals surface area (Å²) in [6.07, 6.45) is 12.7. The Morgan fingerprint density at radius 2 is 2.12 bits per heavy atom. The van der Waals surface area contributed by atoms with Gasteiger partial charge in [0.1, 0.15) is 5.76 Å². The van der Waals surface area contributed by atoms with Crippen molar-refractivity contribution in [2.24, 2.45) is 0 Å². The summed E-state index contributed by atoms with van der Waals surface area (Å²) in [6, 6.07) is 0. The predicted molar refractivity (Wildman–Crippen MR) is 65.4 cm³/mol. The molecule has 0 unspecified atom stereocenters. The van der Waals surface area contributed by atoms with Crippen LogP contribution in [0.25, 0.3) is 0 Å². The van der Waals surface area contributed by atoms with Gasteiger partial charge in [0.25, 0.3) is 0 Å². The van der Waals surface area contributed by atoms with Gasteiger partial charge in [-0.15, -0.1) is 0 Å². The quantitative estimate of drug-likeness (QED) is 0.810. The molecular formula is C14H14O3. The highest BCUT2D eigenvalue weighted by molar-refractivity contribution is 5.68. The molecule has 0 radical (unpaired) electrons. The zero-order chi connectivity index (χ0) is 12.3. The smallest absolute Gasteiger partial charge is 0.341 e. The van der Waals surface area contributed by atoms with Crippen LogP contribution in [0.3, 0.4) is 0 Å². The minimum absolute atomic E-state index is 0.308. The number of rotatable bonds is 3. The molecule has 2 aliphatic rings. The number of hydrogen-bond acceptors (Lipinski definition) is 2. The van der Waals surface area contributed by atoms with Gasteiger partial charge in [-0.3, -0.25) is 0 Å². The maximum absolute atomic E-state index is 10.4. The van der Waals surface area contributed by atoms with Crippen molar-refractivity contribution in [3.05, 3.63) is 58.9 Å². The second-order valence-corrected chi connectivity index (χ2v) is 4.11. The lowest BCUT2D eigenvalue weighted by Crippen LogP contribution is -2.05. The van der Waals surface area contributed by atoms with Crippen molar-refractivity contribution in [2.75, 3.05) is 6.61 Å². The number of ether oxygens (including phenoxy) is 1. The molecule has 2 bridgehead atoms. The van der Waals surface area contributed by atoms with Crippen LogP contribution in [0, 0.1) is 0 Å². The van der Waals surface area contributed by atoms with E-state index < -0.39 is 5.97 Å². The Morgan fingerprint density at radius 3 is 2.88 bits per heavy atom. The molecule has 3 nitrogen and oxygen atoms in total. The van der Waals surface area contributed by atoms with E-state index in [1.165, 1.54) is 11.1 Å². The van der Waals surface area contributed by atoms with Crippen LogP contribution >= 0.6 is 0 Å². The van der Waals surface area contributed by atoms with Crippen molar-refractivity contribution in [2.45, 2.75) is 13.3 Å². The van der Waals surface area contributed by atoms with Gasteiger partial charge in [-0.05, 0) is 36.6 Å². The zero-order valence-electron chi connectivity index (χ0n) is 9.64. The van der Waals surface area contributed by atoms with E-state index in [4.69, 9.17) is 9.84 Å². The van der Waals surface area contributed by atoms with Crippen LogP contribution in [-0.4, -0.2) is 17.7 Å². The van der Waals surface area contributed by atoms with Crippen molar-refractivity contribution in [3.63, 3.8) is 0 Å². The largest absolute Gasteiger partial charge is 0.482 e. The molecule has 2 aliphatic carbocycles. The van der Waals surface area contributed by atoms with Crippen LogP contribution in [-0.2, 0) is 9.53 Å². The third kappa shape index (κ3) is 3.21. The van der Waals surface area contributed by atoms with E-state index in [1.807, 2.05) is 30.4 Å². The van der Waals surface area contributed by atoms with Gasteiger partial charge >= 0.3 is 5.97 Å². The second-order valence-electron chi connectivity index (χ2n) is 4.11. The van der Waals surface area contributed by atoms with E-state index in [0.29, 0.717) is 5.76 Å². The number of allylic oxidation sites excluding steroid dienone is 9. The van der Waals surface area contributed by atoms with Gasteiger partial charge in [0.15, 0.2) is 6.61 Å². The van der Waals surface area contributed by atoms with E-state index in [1.54, 1.807) is 0 Å². The summed E-state index contributed by atoms with van der Waals surface area (Å²) >= 11 is 0. The van der Waals surface area contributed by atoms with Gasteiger partial charge < -0.3 is 9.84 Å². The molecular weight excluding hydrogens is 216 g/mol. The fraction of sp³-hybridized carbons (Fsp3) is 0.214. The van der Waals surface area contributed by atoms with Crippen LogP contribution in [0.1, 0.15) is 13.3 Å². The van der Waals surface area contributed by atoms with E-state index in [0.717, 1.165) is 12.0 Å². The summed E-state index contributed by atoms with van der Waals surface area (Å²) in [4.78, 5) is 10.4. The number of hydrogen-bond donors (Lipinski definition) is 1. The van der Waals surface area contributed by atoms with E-state index >= 15 is 0 Å². The van der Waals surface area contributed by atoms with Crippen molar-refractivity contribution < 1.29 is 14.6 Å². The molecule has 0 aromatic heterocycles. The second kappa shape index (κ2) is 4.87. The first kappa shape index (κ1) is 11.5. The average molecular weight is 230 g/mol. The molecule has 0 saturated heterocycles. The molecule has 0 aromatic carbocycles. The zero-order valence-corrected chi connectivity index (χ0v) is 9.64. The van der Waals surface area contributed by atoms with Gasteiger partial charge in [-0.25, -0.2) is 4.79 Å². The number of carboxylic acid groups (broad SMARTS) is 1. The van der Waals surface area contributed by atoms with Crippen LogP contribution in [0.5, 0.6) is 0 Å². The summed E-state index contributed by atoms with van der Waals surface area (Å²) in [7, 11) is 0. The fourth-order valence-electron chi connectivity index (χ4n) is 1.79. The average Bonchev–Trinajstić information content (AvgIpc) is 2.56. The van der Waals surface area contributed by atoms with Crippen molar-refractivity contribution in [1.29, 1.82) is 0 Å². The molecule has 3 heteroatoms. The highest BCUT2D eigenvalue weighted by Crippen LogP contribution is 2.24. The normalized spacial score (nSPS) is 18.2. The Labute approximate surface area is 100 Å². The van der Waals surface area contributed by atoms with E-state index in [2.05, 4.69) is 13.0 Å². The Kier molecular flexibility index (Phi) is 3.28. The molecule has 1 N–H and O–H groups in total. The molecule has 0 spiro atoms. The topological polar surface area (TPSA) is 46.5 Å². The summed E-state index contributed by atoms with van der Waals surface area (Å²) in [5.74, 6) is -0.373. The first-order valence-electron chi connectivity index (χ1n) is 5.46. The van der Waals surface area contributed by atoms with Crippen LogP contribution < -0.4 is 0 Å². The summed E-state index contributed by atoms with van der Waals surface area (Å²) < 4.78 is 5.19. The number of fused-ring (bicyclic) bond motifs is 2. The molecule has 0 amide bonds. The number of carbonyl (C=O) groups is 1. The standard InChI is InChI=1S/C14H14O3/c1-10-2-3-12-7-11(6-10)4-5-13(8-12)17-9-14(15)16/h2-6,8H,7,9H2,1H3,(H,15,16). The molecule has 0 aromatic rings. The summed E-state index contributed by atoms with van der Waals surface area (Å²) in [5.41, 5.74) is 3.54. The van der Waals surface area contributed by atoms with Gasteiger partial charge in [0.2, 0.25) is 0 Å². The first-order chi connectivity index (χ1) is 8.13. The van der Waals surface area contributed by atoms with E-state index in [-0.39, 0.29) is 6.61 Å². The Morgan fingerprint density at radius 1 is 1.29 bits per heavy atom. The molecule has 0 fully saturated rings. The lowest BCUT2D eigenvalue weighted by Gasteiger charge is -2.03. The van der Waals surface area contributed by atoms with Gasteiger partial charge in [-0.1, -0.05) is 29.9 Å². The van der Waals surface area contributed by atoms with Crippen molar-refractivity contribution in [3.8, 4) is 0 Å². The Bertz CT molecular complexity index is 488. The van der Waals surface area contributed by atoms with Crippen LogP contribution in [0.15, 0.2) is 58.9 Å². The lowest BCUT2D eigenvalue weighted by atomic mass is 10.1. The Hall–Kier alpha value is -2.03. The maximum atomic E-state index is 10.4. The SMILES string of the molecule is CC1=CC2=CC=C(OCC(=O)O)C=C(C=C1)C2. The molecule has 2 rings (SSSR count). The van der Waals surface area contributed by atoms with Gasteiger partial charge in [0, 0.05) is 0 Å². The monoisotopic (exact) mass is 230 g/mol. The molecule has 0 aliphatic heterocycles. The number of carboxylic acids is 1. The maximum Gasteiger partial charge on any atom is 0.341 e. The fourth-order valence-corrected chi connectivity index (χ4v) is 1.79. The Balaban J connectivity index is 2.22. The van der Waals surface area contributed by atoms with Gasteiger partial charge in [0.05, 0.1) is 0 Å². The van der Waals surface area contributed by atoms with Crippen LogP contribution in [0.4, 0.5) is 0 Å².